The molecule has 0 saturated carbocycles. The Morgan fingerprint density at radius 2 is 2.07 bits per heavy atom. The maximum atomic E-state index is 11.9. The van der Waals surface area contributed by atoms with Crippen LogP contribution < -0.4 is 0 Å². The largest absolute Gasteiger partial charge is 0.355 e. The van der Waals surface area contributed by atoms with E-state index >= 15 is 0 Å². The quantitative estimate of drug-likeness (QED) is 0.657. The summed E-state index contributed by atoms with van der Waals surface area (Å²) in [6, 6.07) is 0. The maximum absolute atomic E-state index is 11.9. The van der Waals surface area contributed by atoms with Crippen molar-refractivity contribution in [3.05, 3.63) is 11.1 Å². The lowest BCUT2D eigenvalue weighted by atomic mass is 10.0. The van der Waals surface area contributed by atoms with Crippen molar-refractivity contribution >= 4 is 11.7 Å². The Morgan fingerprint density at radius 3 is 2.33 bits per heavy atom. The second kappa shape index (κ2) is 3.77. The third kappa shape index (κ3) is 1.49. The van der Waals surface area contributed by atoms with Crippen molar-refractivity contribution in [1.82, 2.24) is 4.90 Å². The van der Waals surface area contributed by atoms with E-state index in [-0.39, 0.29) is 17.3 Å². The summed E-state index contributed by atoms with van der Waals surface area (Å²) in [7, 11) is 1.54. The SMILES string of the molecule is CCN1C(=O)C(C(C)=O)=C(C)C1(C)OC. The van der Waals surface area contributed by atoms with E-state index in [4.69, 9.17) is 4.74 Å². The van der Waals surface area contributed by atoms with Gasteiger partial charge in [0.15, 0.2) is 11.5 Å². The molecular weight excluding hydrogens is 194 g/mol. The van der Waals surface area contributed by atoms with E-state index < -0.39 is 5.72 Å². The third-order valence-corrected chi connectivity index (χ3v) is 3.11. The van der Waals surface area contributed by atoms with Gasteiger partial charge in [0.2, 0.25) is 0 Å². The normalized spacial score (nSPS) is 26.5. The molecule has 84 valence electrons. The van der Waals surface area contributed by atoms with E-state index in [2.05, 4.69) is 0 Å². The minimum absolute atomic E-state index is 0.197. The van der Waals surface area contributed by atoms with Crippen molar-refractivity contribution in [2.45, 2.75) is 33.4 Å². The Bertz CT molecular complexity index is 346. The van der Waals surface area contributed by atoms with E-state index in [0.29, 0.717) is 12.1 Å². The van der Waals surface area contributed by atoms with Crippen LogP contribution in [0.2, 0.25) is 0 Å². The standard InChI is InChI=1S/C11H17NO3/c1-6-12-10(14)9(8(3)13)7(2)11(12,4)15-5/h6H2,1-5H3. The lowest BCUT2D eigenvalue weighted by molar-refractivity contribution is -0.145. The Kier molecular flexibility index (Phi) is 3.00. The van der Waals surface area contributed by atoms with Crippen LogP contribution in [-0.2, 0) is 14.3 Å². The molecule has 0 aromatic heterocycles. The number of ketones is 1. The van der Waals surface area contributed by atoms with Crippen molar-refractivity contribution in [3.8, 4) is 0 Å². The lowest BCUT2D eigenvalue weighted by Gasteiger charge is -2.34. The van der Waals surface area contributed by atoms with Gasteiger partial charge >= 0.3 is 0 Å². The van der Waals surface area contributed by atoms with E-state index in [1.807, 2.05) is 6.92 Å². The summed E-state index contributed by atoms with van der Waals surface area (Å²) in [6.07, 6.45) is 0. The number of ether oxygens (including phenoxy) is 1. The molecule has 4 nitrogen and oxygen atoms in total. The highest BCUT2D eigenvalue weighted by Gasteiger charge is 2.47. The van der Waals surface area contributed by atoms with Gasteiger partial charge in [0.05, 0.1) is 5.57 Å². The Morgan fingerprint density at radius 1 is 1.53 bits per heavy atom. The molecule has 1 atom stereocenters. The van der Waals surface area contributed by atoms with Crippen molar-refractivity contribution in [2.24, 2.45) is 0 Å². The van der Waals surface area contributed by atoms with Gasteiger partial charge in [-0.2, -0.15) is 0 Å². The van der Waals surface area contributed by atoms with Gasteiger partial charge in [0.1, 0.15) is 0 Å². The molecule has 0 saturated heterocycles. The van der Waals surface area contributed by atoms with Gasteiger partial charge < -0.3 is 9.64 Å². The van der Waals surface area contributed by atoms with Crippen LogP contribution >= 0.6 is 0 Å². The van der Waals surface area contributed by atoms with E-state index in [1.165, 1.54) is 6.92 Å². The van der Waals surface area contributed by atoms with Crippen LogP contribution in [0.15, 0.2) is 11.1 Å². The van der Waals surface area contributed by atoms with Crippen LogP contribution in [0, 0.1) is 0 Å². The Hall–Kier alpha value is -1.16. The maximum Gasteiger partial charge on any atom is 0.260 e. The molecule has 0 spiro atoms. The number of nitrogens with zero attached hydrogens (tertiary/aromatic N) is 1. The average Bonchev–Trinajstić information content (AvgIpc) is 2.35. The second-order valence-electron chi connectivity index (χ2n) is 3.79. The molecule has 0 aliphatic carbocycles. The van der Waals surface area contributed by atoms with Crippen molar-refractivity contribution < 1.29 is 14.3 Å². The van der Waals surface area contributed by atoms with Gasteiger partial charge in [0.25, 0.3) is 5.91 Å². The summed E-state index contributed by atoms with van der Waals surface area (Å²) in [5.41, 5.74) is 0.192. The lowest BCUT2D eigenvalue weighted by Crippen LogP contribution is -2.47. The molecule has 0 aromatic rings. The number of Topliss-reactive ketones (excluding diaryl/α,β-unsaturated/α-hetero) is 1. The molecule has 1 heterocycles. The fourth-order valence-electron chi connectivity index (χ4n) is 2.05. The summed E-state index contributed by atoms with van der Waals surface area (Å²) < 4.78 is 5.36. The minimum atomic E-state index is -0.771. The number of rotatable bonds is 3. The van der Waals surface area contributed by atoms with Crippen LogP contribution in [0.4, 0.5) is 0 Å². The van der Waals surface area contributed by atoms with E-state index in [1.54, 1.807) is 25.9 Å². The molecule has 1 unspecified atom stereocenters. The molecule has 0 aromatic carbocycles. The number of amides is 1. The van der Waals surface area contributed by atoms with Crippen molar-refractivity contribution in [3.63, 3.8) is 0 Å². The fraction of sp³-hybridized carbons (Fsp3) is 0.636. The van der Waals surface area contributed by atoms with Gasteiger partial charge in [-0.15, -0.1) is 0 Å². The molecule has 0 N–H and O–H groups in total. The summed E-state index contributed by atoms with van der Waals surface area (Å²) in [6.45, 7) is 7.38. The highest BCUT2D eigenvalue weighted by Crippen LogP contribution is 2.35. The van der Waals surface area contributed by atoms with Crippen LogP contribution in [0.1, 0.15) is 27.7 Å². The number of hydrogen-bond donors (Lipinski definition) is 0. The van der Waals surface area contributed by atoms with E-state index in [9.17, 15) is 9.59 Å². The zero-order valence-corrected chi connectivity index (χ0v) is 9.88. The summed E-state index contributed by atoms with van der Waals surface area (Å²) >= 11 is 0. The second-order valence-corrected chi connectivity index (χ2v) is 3.79. The molecule has 0 fully saturated rings. The summed E-state index contributed by atoms with van der Waals surface area (Å²) in [5.74, 6) is -0.427. The number of methoxy groups -OCH3 is 1. The average molecular weight is 211 g/mol. The topological polar surface area (TPSA) is 46.6 Å². The Balaban J connectivity index is 3.30. The predicted octanol–water partition coefficient (Wildman–Crippen LogP) is 1.12. The van der Waals surface area contributed by atoms with Crippen LogP contribution in [0.3, 0.4) is 0 Å². The first-order valence-corrected chi connectivity index (χ1v) is 4.99. The molecule has 4 heteroatoms. The van der Waals surface area contributed by atoms with Gasteiger partial charge in [-0.05, 0) is 33.3 Å². The highest BCUT2D eigenvalue weighted by molar-refractivity contribution is 6.21. The number of hydrogen-bond acceptors (Lipinski definition) is 3. The number of likely N-dealkylation sites (N-methyl/N-ethyl adjacent to an activating group) is 1. The van der Waals surface area contributed by atoms with Gasteiger partial charge in [0, 0.05) is 13.7 Å². The van der Waals surface area contributed by atoms with Crippen LogP contribution in [-0.4, -0.2) is 36.0 Å². The summed E-state index contributed by atoms with van der Waals surface area (Å²) in [5, 5.41) is 0. The highest BCUT2D eigenvalue weighted by atomic mass is 16.5. The first-order valence-electron chi connectivity index (χ1n) is 4.99. The monoisotopic (exact) mass is 211 g/mol. The number of carbonyl (C=O) groups is 2. The first-order chi connectivity index (χ1) is 6.90. The Labute approximate surface area is 89.9 Å². The molecular formula is C11H17NO3. The molecule has 1 rings (SSSR count). The molecule has 1 aliphatic rings. The predicted molar refractivity (Wildman–Crippen MR) is 56.2 cm³/mol. The van der Waals surface area contributed by atoms with Crippen LogP contribution in [0.5, 0.6) is 0 Å². The van der Waals surface area contributed by atoms with Crippen molar-refractivity contribution in [2.75, 3.05) is 13.7 Å². The fourth-order valence-corrected chi connectivity index (χ4v) is 2.05. The van der Waals surface area contributed by atoms with Gasteiger partial charge in [-0.1, -0.05) is 0 Å². The third-order valence-electron chi connectivity index (χ3n) is 3.11. The molecule has 1 aliphatic heterocycles. The molecule has 0 radical (unpaired) electrons. The van der Waals surface area contributed by atoms with Crippen molar-refractivity contribution in [1.29, 1.82) is 0 Å². The van der Waals surface area contributed by atoms with Crippen LogP contribution in [0.25, 0.3) is 0 Å². The summed E-state index contributed by atoms with van der Waals surface area (Å²) in [4.78, 5) is 24.9. The van der Waals surface area contributed by atoms with Gasteiger partial charge in [-0.3, -0.25) is 9.59 Å². The molecule has 0 bridgehead atoms. The zero-order chi connectivity index (χ0) is 11.8. The number of carbonyl (C=O) groups excluding carboxylic acids is 2. The first kappa shape index (κ1) is 11.9. The molecule has 15 heavy (non-hydrogen) atoms. The molecule has 1 amide bonds. The minimum Gasteiger partial charge on any atom is -0.355 e. The zero-order valence-electron chi connectivity index (χ0n) is 9.88. The van der Waals surface area contributed by atoms with E-state index in [0.717, 1.165) is 0 Å². The van der Waals surface area contributed by atoms with Gasteiger partial charge in [-0.25, -0.2) is 0 Å². The smallest absolute Gasteiger partial charge is 0.260 e.